The van der Waals surface area contributed by atoms with Crippen molar-refractivity contribution < 1.29 is 17.9 Å². The lowest BCUT2D eigenvalue weighted by atomic mass is 10.3. The van der Waals surface area contributed by atoms with Crippen LogP contribution in [0.5, 0.6) is 5.75 Å². The van der Waals surface area contributed by atoms with Gasteiger partial charge in [0.2, 0.25) is 5.89 Å². The summed E-state index contributed by atoms with van der Waals surface area (Å²) in [4.78, 5) is 4.18. The first-order valence-corrected chi connectivity index (χ1v) is 6.75. The maximum atomic E-state index is 13.6. The molecule has 7 heteroatoms. The molecule has 0 spiro atoms. The average molecular weight is 355 g/mol. The van der Waals surface area contributed by atoms with E-state index in [1.807, 2.05) is 0 Å². The summed E-state index contributed by atoms with van der Waals surface area (Å²) in [5.41, 5.74) is 7.30. The van der Waals surface area contributed by atoms with E-state index < -0.39 is 11.6 Å². The number of nitrogen functional groups attached to an aromatic ring is 1. The molecule has 0 radical (unpaired) electrons. The van der Waals surface area contributed by atoms with Gasteiger partial charge >= 0.3 is 0 Å². The van der Waals surface area contributed by atoms with Crippen LogP contribution in [0, 0.1) is 11.6 Å². The van der Waals surface area contributed by atoms with E-state index in [0.29, 0.717) is 16.8 Å². The molecule has 2 N–H and O–H groups in total. The van der Waals surface area contributed by atoms with E-state index in [0.717, 1.165) is 12.1 Å². The molecule has 21 heavy (non-hydrogen) atoms. The highest BCUT2D eigenvalue weighted by molar-refractivity contribution is 9.10. The van der Waals surface area contributed by atoms with Crippen molar-refractivity contribution in [2.24, 2.45) is 0 Å². The molecule has 0 bridgehead atoms. The Balaban J connectivity index is 1.85. The number of nitrogens with two attached hydrogens (primary N) is 1. The summed E-state index contributed by atoms with van der Waals surface area (Å²) in [5.74, 6) is -1.36. The number of oxazole rings is 1. The van der Waals surface area contributed by atoms with Crippen LogP contribution in [0.2, 0.25) is 0 Å². The van der Waals surface area contributed by atoms with Gasteiger partial charge in [-0.1, -0.05) is 6.07 Å². The molecule has 0 amide bonds. The normalized spacial score (nSPS) is 11.0. The van der Waals surface area contributed by atoms with Crippen LogP contribution in [-0.2, 0) is 6.61 Å². The molecule has 0 fully saturated rings. The molecule has 0 atom stereocenters. The summed E-state index contributed by atoms with van der Waals surface area (Å²) >= 11 is 3.04. The molecule has 108 valence electrons. The second kappa shape index (κ2) is 5.33. The first-order valence-electron chi connectivity index (χ1n) is 5.96. The van der Waals surface area contributed by atoms with Gasteiger partial charge in [-0.25, -0.2) is 13.8 Å². The van der Waals surface area contributed by atoms with Gasteiger partial charge in [-0.2, -0.15) is 0 Å². The third kappa shape index (κ3) is 2.69. The van der Waals surface area contributed by atoms with E-state index in [-0.39, 0.29) is 22.7 Å². The van der Waals surface area contributed by atoms with Crippen LogP contribution in [0.1, 0.15) is 5.89 Å². The molecule has 4 nitrogen and oxygen atoms in total. The van der Waals surface area contributed by atoms with Crippen LogP contribution in [-0.4, -0.2) is 4.98 Å². The van der Waals surface area contributed by atoms with E-state index in [1.165, 1.54) is 0 Å². The minimum atomic E-state index is -0.808. The summed E-state index contributed by atoms with van der Waals surface area (Å²) < 4.78 is 37.5. The Morgan fingerprint density at radius 1 is 1.29 bits per heavy atom. The molecule has 0 aliphatic heterocycles. The van der Waals surface area contributed by atoms with E-state index in [9.17, 15) is 8.78 Å². The number of aromatic nitrogens is 1. The number of hydrogen-bond acceptors (Lipinski definition) is 4. The minimum absolute atomic E-state index is 0.102. The van der Waals surface area contributed by atoms with Crippen LogP contribution in [0.15, 0.2) is 39.2 Å². The molecule has 0 saturated heterocycles. The van der Waals surface area contributed by atoms with Gasteiger partial charge in [-0.3, -0.25) is 0 Å². The fourth-order valence-corrected chi connectivity index (χ4v) is 2.40. The first-order chi connectivity index (χ1) is 10.0. The van der Waals surface area contributed by atoms with Crippen LogP contribution >= 0.6 is 15.9 Å². The van der Waals surface area contributed by atoms with E-state index in [1.54, 1.807) is 18.2 Å². The molecule has 3 rings (SSSR count). The summed E-state index contributed by atoms with van der Waals surface area (Å²) in [6.45, 7) is -0.102. The predicted molar refractivity (Wildman–Crippen MR) is 76.8 cm³/mol. The number of halogens is 3. The Labute approximate surface area is 126 Å². The molecule has 3 aromatic rings. The lowest BCUT2D eigenvalue weighted by Gasteiger charge is -2.07. The fraction of sp³-hybridized carbons (Fsp3) is 0.0714. The van der Waals surface area contributed by atoms with Gasteiger partial charge in [0, 0.05) is 6.07 Å². The van der Waals surface area contributed by atoms with Crippen molar-refractivity contribution >= 4 is 32.7 Å². The first kappa shape index (κ1) is 13.8. The monoisotopic (exact) mass is 354 g/mol. The second-order valence-corrected chi connectivity index (χ2v) is 5.14. The Morgan fingerprint density at radius 3 is 2.81 bits per heavy atom. The molecule has 1 aromatic heterocycles. The van der Waals surface area contributed by atoms with Gasteiger partial charge in [0.25, 0.3) is 0 Å². The lowest BCUT2D eigenvalue weighted by Crippen LogP contribution is -1.99. The third-order valence-corrected chi connectivity index (χ3v) is 3.39. The number of para-hydroxylation sites is 1. The van der Waals surface area contributed by atoms with Gasteiger partial charge in [0.1, 0.15) is 11.3 Å². The average Bonchev–Trinajstić information content (AvgIpc) is 2.82. The molecule has 0 aliphatic carbocycles. The quantitative estimate of drug-likeness (QED) is 0.721. The maximum absolute atomic E-state index is 13.6. The molecular weight excluding hydrogens is 346 g/mol. The minimum Gasteiger partial charge on any atom is -0.480 e. The number of anilines is 1. The predicted octanol–water partition coefficient (Wildman–Crippen LogP) is 4.03. The van der Waals surface area contributed by atoms with Crippen molar-refractivity contribution in [2.75, 3.05) is 5.73 Å². The number of nitrogens with zero attached hydrogens (tertiary/aromatic N) is 1. The Hall–Kier alpha value is -2.15. The Kier molecular flexibility index (Phi) is 3.50. The van der Waals surface area contributed by atoms with Crippen LogP contribution in [0.3, 0.4) is 0 Å². The summed E-state index contributed by atoms with van der Waals surface area (Å²) in [6, 6.07) is 7.01. The largest absolute Gasteiger partial charge is 0.480 e. The molecule has 1 heterocycles. The van der Waals surface area contributed by atoms with E-state index in [4.69, 9.17) is 14.9 Å². The molecule has 0 unspecified atom stereocenters. The standard InChI is InChI=1S/C14H9BrF2N2O2/c15-8-4-7(16)5-9(17)14(8)20-6-12-19-13-10(18)2-1-3-11(13)21-12/h1-5H,6,18H2. The summed E-state index contributed by atoms with van der Waals surface area (Å²) in [5, 5.41) is 0. The zero-order valence-corrected chi connectivity index (χ0v) is 12.2. The third-order valence-electron chi connectivity index (χ3n) is 2.80. The number of benzene rings is 2. The maximum Gasteiger partial charge on any atom is 0.233 e. The number of rotatable bonds is 3. The van der Waals surface area contributed by atoms with Gasteiger partial charge in [-0.05, 0) is 34.1 Å². The van der Waals surface area contributed by atoms with Crippen molar-refractivity contribution in [1.29, 1.82) is 0 Å². The van der Waals surface area contributed by atoms with Crippen LogP contribution in [0.4, 0.5) is 14.5 Å². The zero-order valence-electron chi connectivity index (χ0n) is 10.6. The molecule has 0 aliphatic rings. The molecular formula is C14H9BrF2N2O2. The van der Waals surface area contributed by atoms with Crippen molar-refractivity contribution in [2.45, 2.75) is 6.61 Å². The summed E-state index contributed by atoms with van der Waals surface area (Å²) in [7, 11) is 0. The number of ether oxygens (including phenoxy) is 1. The second-order valence-electron chi connectivity index (χ2n) is 4.29. The van der Waals surface area contributed by atoms with Crippen molar-refractivity contribution in [1.82, 2.24) is 4.98 Å². The lowest BCUT2D eigenvalue weighted by molar-refractivity contribution is 0.253. The van der Waals surface area contributed by atoms with Crippen molar-refractivity contribution in [3.63, 3.8) is 0 Å². The van der Waals surface area contributed by atoms with Crippen LogP contribution in [0.25, 0.3) is 11.1 Å². The van der Waals surface area contributed by atoms with Crippen LogP contribution < -0.4 is 10.5 Å². The highest BCUT2D eigenvalue weighted by Crippen LogP contribution is 2.30. The number of hydrogen-bond donors (Lipinski definition) is 1. The highest BCUT2D eigenvalue weighted by Gasteiger charge is 2.14. The topological polar surface area (TPSA) is 61.3 Å². The van der Waals surface area contributed by atoms with E-state index >= 15 is 0 Å². The smallest absolute Gasteiger partial charge is 0.233 e. The van der Waals surface area contributed by atoms with Gasteiger partial charge in [0.15, 0.2) is 23.8 Å². The zero-order chi connectivity index (χ0) is 15.0. The number of fused-ring (bicyclic) bond motifs is 1. The SMILES string of the molecule is Nc1cccc2oc(COc3c(F)cc(F)cc3Br)nc12. The van der Waals surface area contributed by atoms with Gasteiger partial charge in [-0.15, -0.1) is 0 Å². The van der Waals surface area contributed by atoms with Gasteiger partial charge in [0.05, 0.1) is 10.2 Å². The van der Waals surface area contributed by atoms with Crippen molar-refractivity contribution in [3.8, 4) is 5.75 Å². The highest BCUT2D eigenvalue weighted by atomic mass is 79.9. The Morgan fingerprint density at radius 2 is 2.10 bits per heavy atom. The molecule has 0 saturated carbocycles. The Bertz CT molecular complexity index is 797. The van der Waals surface area contributed by atoms with Gasteiger partial charge < -0.3 is 14.9 Å². The van der Waals surface area contributed by atoms with Crippen molar-refractivity contribution in [3.05, 3.63) is 52.3 Å². The van der Waals surface area contributed by atoms with E-state index in [2.05, 4.69) is 20.9 Å². The summed E-state index contributed by atoms with van der Waals surface area (Å²) in [6.07, 6.45) is 0. The fourth-order valence-electron chi connectivity index (χ4n) is 1.88. The molecule has 2 aromatic carbocycles.